The van der Waals surface area contributed by atoms with Gasteiger partial charge in [-0.1, -0.05) is 6.07 Å². The highest BCUT2D eigenvalue weighted by Crippen LogP contribution is 2.46. The third-order valence-corrected chi connectivity index (χ3v) is 6.74. The van der Waals surface area contributed by atoms with Gasteiger partial charge < -0.3 is 24.2 Å². The molecule has 1 amide bonds. The van der Waals surface area contributed by atoms with Crippen LogP contribution in [0.15, 0.2) is 53.4 Å². The molecular weight excluding hydrogens is 473 g/mol. The quantitative estimate of drug-likeness (QED) is 0.286. The molecule has 0 radical (unpaired) electrons. The molecule has 1 N–H and O–H groups in total. The van der Waals surface area contributed by atoms with Crippen molar-refractivity contribution in [2.45, 2.75) is 19.5 Å². The maximum Gasteiger partial charge on any atom is 0.295 e. The molecule has 7 nitrogen and oxygen atoms in total. The Bertz CT molecular complexity index is 1290. The molecule has 9 heteroatoms. The maximum absolute atomic E-state index is 13.9. The number of methoxy groups -OCH3 is 3. The van der Waals surface area contributed by atoms with E-state index in [1.807, 2.05) is 17.5 Å². The predicted molar refractivity (Wildman–Crippen MR) is 129 cm³/mol. The van der Waals surface area contributed by atoms with Crippen molar-refractivity contribution in [3.05, 3.63) is 80.8 Å². The van der Waals surface area contributed by atoms with Gasteiger partial charge in [-0.05, 0) is 59.8 Å². The number of benzene rings is 2. The van der Waals surface area contributed by atoms with Crippen LogP contribution in [0.3, 0.4) is 0 Å². The van der Waals surface area contributed by atoms with E-state index >= 15 is 0 Å². The lowest BCUT2D eigenvalue weighted by Gasteiger charge is -2.26. The Morgan fingerprint density at radius 2 is 1.74 bits per heavy atom. The van der Waals surface area contributed by atoms with Gasteiger partial charge in [0.1, 0.15) is 11.6 Å². The fraction of sp³-hybridized carbons (Fsp3) is 0.231. The number of halogens is 1. The molecule has 1 saturated heterocycles. The molecule has 2 heterocycles. The lowest BCUT2D eigenvalue weighted by Crippen LogP contribution is -2.29. The third-order valence-electron chi connectivity index (χ3n) is 5.88. The number of likely N-dealkylation sites (tertiary alicyclic amines) is 1. The van der Waals surface area contributed by atoms with E-state index in [-0.39, 0.29) is 23.4 Å². The van der Waals surface area contributed by atoms with Crippen molar-refractivity contribution in [3.8, 4) is 17.2 Å². The maximum atomic E-state index is 13.9. The second-order valence-corrected chi connectivity index (χ2v) is 8.96. The molecule has 1 atom stereocenters. The van der Waals surface area contributed by atoms with E-state index in [0.717, 1.165) is 4.88 Å². The number of aliphatic hydroxyl groups is 1. The fourth-order valence-corrected chi connectivity index (χ4v) is 4.87. The normalized spacial score (nSPS) is 17.1. The van der Waals surface area contributed by atoms with Crippen LogP contribution in [0.5, 0.6) is 17.2 Å². The van der Waals surface area contributed by atoms with Gasteiger partial charge in [0.05, 0.1) is 39.5 Å². The molecule has 1 fully saturated rings. The first kappa shape index (κ1) is 24.3. The summed E-state index contributed by atoms with van der Waals surface area (Å²) in [6.45, 7) is 1.71. The number of thiophene rings is 1. The molecule has 35 heavy (non-hydrogen) atoms. The summed E-state index contributed by atoms with van der Waals surface area (Å²) >= 11 is 1.45. The van der Waals surface area contributed by atoms with E-state index in [4.69, 9.17) is 14.2 Å². The minimum atomic E-state index is -0.948. The summed E-state index contributed by atoms with van der Waals surface area (Å²) < 4.78 is 30.2. The average molecular weight is 498 g/mol. The number of nitrogens with zero attached hydrogens (tertiary/aromatic N) is 1. The van der Waals surface area contributed by atoms with Gasteiger partial charge in [-0.25, -0.2) is 4.39 Å². The molecule has 4 rings (SSSR count). The van der Waals surface area contributed by atoms with Gasteiger partial charge in [-0.3, -0.25) is 9.59 Å². The van der Waals surface area contributed by atoms with Crippen molar-refractivity contribution < 1.29 is 33.3 Å². The first-order valence-corrected chi connectivity index (χ1v) is 11.6. The molecular formula is C26H24FNO6S. The SMILES string of the molecule is COc1cc(C2/C(=C(\O)c3ccc(F)c(C)c3)C(=O)C(=O)N2Cc2cccs2)cc(OC)c1OC. The number of hydrogen-bond donors (Lipinski definition) is 1. The van der Waals surface area contributed by atoms with Gasteiger partial charge in [0.25, 0.3) is 11.7 Å². The number of ether oxygens (including phenoxy) is 3. The van der Waals surface area contributed by atoms with E-state index in [1.54, 1.807) is 19.1 Å². The average Bonchev–Trinajstić information content (AvgIpc) is 3.46. The highest BCUT2D eigenvalue weighted by atomic mass is 32.1. The fourth-order valence-electron chi connectivity index (χ4n) is 4.17. The summed E-state index contributed by atoms with van der Waals surface area (Å²) in [5.41, 5.74) is 0.907. The third kappa shape index (κ3) is 4.35. The van der Waals surface area contributed by atoms with Crippen LogP contribution in [0.25, 0.3) is 5.76 Å². The number of aryl methyl sites for hydroxylation is 1. The largest absolute Gasteiger partial charge is 0.507 e. The molecule has 1 aliphatic rings. The van der Waals surface area contributed by atoms with Crippen LogP contribution in [0.2, 0.25) is 0 Å². The summed E-state index contributed by atoms with van der Waals surface area (Å²) in [5, 5.41) is 13.1. The topological polar surface area (TPSA) is 85.3 Å². The van der Waals surface area contributed by atoms with Crippen LogP contribution in [0, 0.1) is 12.7 Å². The van der Waals surface area contributed by atoms with Gasteiger partial charge >= 0.3 is 0 Å². The van der Waals surface area contributed by atoms with Crippen LogP contribution < -0.4 is 14.2 Å². The van der Waals surface area contributed by atoms with E-state index in [1.165, 1.54) is 55.8 Å². The zero-order valence-electron chi connectivity index (χ0n) is 19.6. The number of Topliss-reactive ketones (excluding diaryl/α,β-unsaturated/α-hetero) is 1. The van der Waals surface area contributed by atoms with E-state index in [2.05, 4.69) is 0 Å². The predicted octanol–water partition coefficient (Wildman–Crippen LogP) is 4.84. The van der Waals surface area contributed by atoms with E-state index in [0.29, 0.717) is 28.4 Å². The summed E-state index contributed by atoms with van der Waals surface area (Å²) in [5.74, 6) is -1.40. The highest BCUT2D eigenvalue weighted by Gasteiger charge is 2.46. The number of amides is 1. The molecule has 0 spiro atoms. The minimum absolute atomic E-state index is 0.105. The lowest BCUT2D eigenvalue weighted by molar-refractivity contribution is -0.140. The molecule has 3 aromatic rings. The molecule has 182 valence electrons. The summed E-state index contributed by atoms with van der Waals surface area (Å²) in [4.78, 5) is 28.7. The summed E-state index contributed by atoms with van der Waals surface area (Å²) in [6.07, 6.45) is 0. The zero-order valence-corrected chi connectivity index (χ0v) is 20.4. The molecule has 0 bridgehead atoms. The number of carbonyl (C=O) groups excluding carboxylic acids is 2. The van der Waals surface area contributed by atoms with E-state index < -0.39 is 23.5 Å². The van der Waals surface area contributed by atoms with E-state index in [9.17, 15) is 19.1 Å². The number of aliphatic hydroxyl groups excluding tert-OH is 1. The Morgan fingerprint density at radius 3 is 2.29 bits per heavy atom. The molecule has 0 saturated carbocycles. The molecule has 0 aliphatic carbocycles. The van der Waals surface area contributed by atoms with Crippen molar-refractivity contribution in [1.29, 1.82) is 0 Å². The second kappa shape index (κ2) is 9.79. The second-order valence-electron chi connectivity index (χ2n) is 7.93. The van der Waals surface area contributed by atoms with Gasteiger partial charge in [0, 0.05) is 10.4 Å². The summed E-state index contributed by atoms with van der Waals surface area (Å²) in [7, 11) is 4.40. The number of rotatable bonds is 7. The molecule has 1 aromatic heterocycles. The standard InChI is InChI=1S/C26H24FNO6S/c1-14-10-15(7-8-18(14)27)23(29)21-22(16-11-19(32-2)25(34-4)20(12-16)33-3)28(26(31)24(21)30)13-17-6-5-9-35-17/h5-12,22,29H,13H2,1-4H3/b23-21+. The Balaban J connectivity index is 1.95. The molecule has 1 aliphatic heterocycles. The minimum Gasteiger partial charge on any atom is -0.507 e. The van der Waals surface area contributed by atoms with Crippen molar-refractivity contribution in [2.24, 2.45) is 0 Å². The number of hydrogen-bond acceptors (Lipinski definition) is 7. The Labute approximate surface area is 206 Å². The number of ketones is 1. The zero-order chi connectivity index (χ0) is 25.3. The van der Waals surface area contributed by atoms with Gasteiger partial charge in [0.2, 0.25) is 5.75 Å². The first-order valence-electron chi connectivity index (χ1n) is 10.7. The Morgan fingerprint density at radius 1 is 1.06 bits per heavy atom. The van der Waals surface area contributed by atoms with Gasteiger partial charge in [-0.15, -0.1) is 11.3 Å². The monoisotopic (exact) mass is 497 g/mol. The van der Waals surface area contributed by atoms with Crippen molar-refractivity contribution in [1.82, 2.24) is 4.90 Å². The van der Waals surface area contributed by atoms with Crippen LogP contribution in [-0.4, -0.2) is 43.0 Å². The molecule has 2 aromatic carbocycles. The van der Waals surface area contributed by atoms with Crippen LogP contribution in [-0.2, 0) is 16.1 Å². The highest BCUT2D eigenvalue weighted by molar-refractivity contribution is 7.09. The van der Waals surface area contributed by atoms with Gasteiger partial charge in [-0.2, -0.15) is 0 Å². The first-order chi connectivity index (χ1) is 16.8. The van der Waals surface area contributed by atoms with Crippen LogP contribution >= 0.6 is 11.3 Å². The van der Waals surface area contributed by atoms with Gasteiger partial charge in [0.15, 0.2) is 11.5 Å². The lowest BCUT2D eigenvalue weighted by atomic mass is 9.94. The number of carbonyl (C=O) groups is 2. The Kier molecular flexibility index (Phi) is 6.79. The van der Waals surface area contributed by atoms with Crippen LogP contribution in [0.4, 0.5) is 4.39 Å². The van der Waals surface area contributed by atoms with Crippen molar-refractivity contribution in [3.63, 3.8) is 0 Å². The smallest absolute Gasteiger partial charge is 0.295 e. The van der Waals surface area contributed by atoms with Crippen molar-refractivity contribution >= 4 is 28.8 Å². The Hall–Kier alpha value is -3.85. The summed E-state index contributed by atoms with van der Waals surface area (Å²) in [6, 6.07) is 10.1. The molecule has 1 unspecified atom stereocenters. The van der Waals surface area contributed by atoms with Crippen LogP contribution in [0.1, 0.15) is 27.6 Å². The van der Waals surface area contributed by atoms with Crippen molar-refractivity contribution in [2.75, 3.05) is 21.3 Å².